The number of hydrogen-bond donors (Lipinski definition) is 4. The first-order valence-corrected chi connectivity index (χ1v) is 13.9. The monoisotopic (exact) mass is 506 g/mol. The van der Waals surface area contributed by atoms with E-state index >= 15 is 0 Å². The summed E-state index contributed by atoms with van der Waals surface area (Å²) >= 11 is 0. The molecule has 0 radical (unpaired) electrons. The van der Waals surface area contributed by atoms with E-state index in [1.165, 1.54) is 38.5 Å². The number of ether oxygens (including phenoxy) is 2. The van der Waals surface area contributed by atoms with E-state index in [0.717, 1.165) is 64.5 Å². The first-order chi connectivity index (χ1) is 17.5. The van der Waals surface area contributed by atoms with Crippen LogP contribution in [0.5, 0.6) is 0 Å². The van der Waals surface area contributed by atoms with Crippen molar-refractivity contribution < 1.29 is 19.1 Å². The number of benzene rings is 1. The van der Waals surface area contributed by atoms with Gasteiger partial charge in [0.1, 0.15) is 0 Å². The van der Waals surface area contributed by atoms with Gasteiger partial charge in [-0.1, -0.05) is 64.2 Å². The van der Waals surface area contributed by atoms with E-state index in [9.17, 15) is 9.59 Å². The predicted octanol–water partition coefficient (Wildman–Crippen LogP) is 4.73. The summed E-state index contributed by atoms with van der Waals surface area (Å²) in [7, 11) is 0. The average molecular weight is 507 g/mol. The summed E-state index contributed by atoms with van der Waals surface area (Å²) < 4.78 is 10.7. The lowest BCUT2D eigenvalue weighted by Crippen LogP contribution is -2.27. The van der Waals surface area contributed by atoms with Crippen LogP contribution in [0.2, 0.25) is 0 Å². The zero-order chi connectivity index (χ0) is 26.4. The molecule has 2 atom stereocenters. The first-order valence-electron chi connectivity index (χ1n) is 13.9. The smallest absolute Gasteiger partial charge is 0.339 e. The summed E-state index contributed by atoms with van der Waals surface area (Å²) in [5, 5.41) is 0. The molecule has 1 aromatic carbocycles. The lowest BCUT2D eigenvalue weighted by Gasteiger charge is -2.14. The normalized spacial score (nSPS) is 12.8. The summed E-state index contributed by atoms with van der Waals surface area (Å²) in [6.45, 7) is 1.52. The molecule has 0 aliphatic rings. The molecule has 0 aromatic heterocycles. The molecule has 0 amide bonds. The largest absolute Gasteiger partial charge is 0.443 e. The molecule has 0 saturated carbocycles. The highest BCUT2D eigenvalue weighted by Gasteiger charge is 2.15. The van der Waals surface area contributed by atoms with Crippen molar-refractivity contribution in [1.29, 1.82) is 0 Å². The van der Waals surface area contributed by atoms with Crippen LogP contribution in [0.1, 0.15) is 123 Å². The average Bonchev–Trinajstić information content (AvgIpc) is 2.87. The van der Waals surface area contributed by atoms with Crippen molar-refractivity contribution in [3.8, 4) is 0 Å². The van der Waals surface area contributed by atoms with Gasteiger partial charge in [-0.15, -0.1) is 0 Å². The molecular weight excluding hydrogens is 456 g/mol. The van der Waals surface area contributed by atoms with Crippen molar-refractivity contribution in [2.75, 3.05) is 13.1 Å². The van der Waals surface area contributed by atoms with Crippen molar-refractivity contribution >= 4 is 11.9 Å². The Morgan fingerprint density at radius 2 is 0.806 bits per heavy atom. The van der Waals surface area contributed by atoms with Crippen molar-refractivity contribution in [2.45, 2.75) is 115 Å². The van der Waals surface area contributed by atoms with Gasteiger partial charge in [0.2, 0.25) is 0 Å². The summed E-state index contributed by atoms with van der Waals surface area (Å²) in [4.78, 5) is 24.7. The van der Waals surface area contributed by atoms with Crippen LogP contribution in [0, 0.1) is 0 Å². The van der Waals surface area contributed by atoms with Gasteiger partial charge in [0.05, 0.1) is 11.1 Å². The Bertz CT molecular complexity index is 640. The highest BCUT2D eigenvalue weighted by Crippen LogP contribution is 2.14. The predicted molar refractivity (Wildman–Crippen MR) is 145 cm³/mol. The third kappa shape index (κ3) is 15.9. The molecule has 2 unspecified atom stereocenters. The molecule has 1 rings (SSSR count). The molecule has 0 bridgehead atoms. The second-order valence-corrected chi connectivity index (χ2v) is 9.57. The Balaban J connectivity index is 2.22. The van der Waals surface area contributed by atoms with Gasteiger partial charge < -0.3 is 20.9 Å². The molecule has 206 valence electrons. The fourth-order valence-electron chi connectivity index (χ4n) is 4.02. The maximum atomic E-state index is 12.3. The standard InChI is InChI=1S/C28H50N4O4/c29-21-13-9-5-1-3-7-11-15-25(31)35-27(33)23-17-19-24(20-18-23)28(34)36-26(32)16-12-8-4-2-6-10-14-22-30/h17-20,25-26H,1-16,21-22,29-32H2. The van der Waals surface area contributed by atoms with Crippen molar-refractivity contribution in [2.24, 2.45) is 22.9 Å². The summed E-state index contributed by atoms with van der Waals surface area (Å²) in [6.07, 6.45) is 15.7. The molecule has 1 aromatic rings. The van der Waals surface area contributed by atoms with Crippen LogP contribution < -0.4 is 22.9 Å². The number of carbonyl (C=O) groups is 2. The number of unbranched alkanes of at least 4 members (excludes halogenated alkanes) is 12. The van der Waals surface area contributed by atoms with Crippen LogP contribution >= 0.6 is 0 Å². The van der Waals surface area contributed by atoms with Crippen LogP contribution in [0.15, 0.2) is 24.3 Å². The molecule has 0 heterocycles. The third-order valence-corrected chi connectivity index (χ3v) is 6.26. The molecule has 0 aliphatic carbocycles. The maximum Gasteiger partial charge on any atom is 0.339 e. The van der Waals surface area contributed by atoms with Gasteiger partial charge in [0.15, 0.2) is 12.5 Å². The van der Waals surface area contributed by atoms with Crippen LogP contribution in [-0.4, -0.2) is 37.5 Å². The number of rotatable bonds is 22. The Hall–Kier alpha value is -2.00. The SMILES string of the molecule is NCCCCCCCCCC(N)OC(=O)c1ccc(C(=O)OC(N)CCCCCCCCCN)cc1. The Morgan fingerprint density at radius 1 is 0.528 bits per heavy atom. The number of nitrogens with two attached hydrogens (primary N) is 4. The topological polar surface area (TPSA) is 157 Å². The lowest BCUT2D eigenvalue weighted by molar-refractivity contribution is 0.0276. The highest BCUT2D eigenvalue weighted by molar-refractivity contribution is 5.93. The van der Waals surface area contributed by atoms with Gasteiger partial charge in [-0.05, 0) is 75.9 Å². The quantitative estimate of drug-likeness (QED) is 0.0998. The Labute approximate surface area is 217 Å². The van der Waals surface area contributed by atoms with E-state index in [-0.39, 0.29) is 0 Å². The van der Waals surface area contributed by atoms with Crippen LogP contribution in [-0.2, 0) is 9.47 Å². The lowest BCUT2D eigenvalue weighted by atomic mass is 10.1. The minimum atomic E-state index is -0.636. The van der Waals surface area contributed by atoms with Crippen LogP contribution in [0.4, 0.5) is 0 Å². The van der Waals surface area contributed by atoms with E-state index in [1.54, 1.807) is 24.3 Å². The number of esters is 2. The molecule has 36 heavy (non-hydrogen) atoms. The van der Waals surface area contributed by atoms with E-state index < -0.39 is 24.4 Å². The zero-order valence-corrected chi connectivity index (χ0v) is 22.1. The second kappa shape index (κ2) is 21.1. The van der Waals surface area contributed by atoms with Gasteiger partial charge in [-0.2, -0.15) is 0 Å². The van der Waals surface area contributed by atoms with Gasteiger partial charge >= 0.3 is 11.9 Å². The van der Waals surface area contributed by atoms with Crippen molar-refractivity contribution in [1.82, 2.24) is 0 Å². The molecule has 8 heteroatoms. The van der Waals surface area contributed by atoms with Gasteiger partial charge in [-0.3, -0.25) is 11.5 Å². The molecule has 8 N–H and O–H groups in total. The van der Waals surface area contributed by atoms with Crippen LogP contribution in [0.25, 0.3) is 0 Å². The van der Waals surface area contributed by atoms with Gasteiger partial charge in [0.25, 0.3) is 0 Å². The van der Waals surface area contributed by atoms with Crippen molar-refractivity contribution in [3.05, 3.63) is 35.4 Å². The fourth-order valence-corrected chi connectivity index (χ4v) is 4.02. The second-order valence-electron chi connectivity index (χ2n) is 9.57. The van der Waals surface area contributed by atoms with E-state index in [0.29, 0.717) is 24.0 Å². The molecular formula is C28H50N4O4. The van der Waals surface area contributed by atoms with Gasteiger partial charge in [0, 0.05) is 0 Å². The molecule has 0 aliphatic heterocycles. The molecule has 0 saturated heterocycles. The minimum absolute atomic E-state index is 0.345. The van der Waals surface area contributed by atoms with E-state index in [1.807, 2.05) is 0 Å². The van der Waals surface area contributed by atoms with Crippen molar-refractivity contribution in [3.63, 3.8) is 0 Å². The highest BCUT2D eigenvalue weighted by atomic mass is 16.6. The molecule has 0 fully saturated rings. The molecule has 8 nitrogen and oxygen atoms in total. The minimum Gasteiger partial charge on any atom is -0.443 e. The third-order valence-electron chi connectivity index (χ3n) is 6.26. The van der Waals surface area contributed by atoms with E-state index in [2.05, 4.69) is 0 Å². The molecule has 0 spiro atoms. The van der Waals surface area contributed by atoms with Gasteiger partial charge in [-0.25, -0.2) is 9.59 Å². The maximum absolute atomic E-state index is 12.3. The fraction of sp³-hybridized carbons (Fsp3) is 0.714. The van der Waals surface area contributed by atoms with E-state index in [4.69, 9.17) is 32.4 Å². The summed E-state index contributed by atoms with van der Waals surface area (Å²) in [5.74, 6) is -0.993. The number of hydrogen-bond acceptors (Lipinski definition) is 8. The Morgan fingerprint density at radius 3 is 1.11 bits per heavy atom. The van der Waals surface area contributed by atoms with Crippen LogP contribution in [0.3, 0.4) is 0 Å². The summed E-state index contributed by atoms with van der Waals surface area (Å²) in [5.41, 5.74) is 23.6. The Kier molecular flexibility index (Phi) is 18.8. The zero-order valence-electron chi connectivity index (χ0n) is 22.1. The first kappa shape index (κ1) is 32.0. The number of carbonyl (C=O) groups excluding carboxylic acids is 2. The summed E-state index contributed by atoms with van der Waals surface area (Å²) in [6, 6.07) is 6.18.